The third-order valence-electron chi connectivity index (χ3n) is 4.34. The van der Waals surface area contributed by atoms with E-state index in [9.17, 15) is 0 Å². The van der Waals surface area contributed by atoms with E-state index in [4.69, 9.17) is 0 Å². The molecule has 1 aliphatic heterocycles. The number of benzene rings is 3. The van der Waals surface area contributed by atoms with Gasteiger partial charge in [0.2, 0.25) is 0 Å². The Labute approximate surface area is 156 Å². The van der Waals surface area contributed by atoms with Crippen molar-refractivity contribution in [3.05, 3.63) is 69.8 Å². The summed E-state index contributed by atoms with van der Waals surface area (Å²) >= 11 is 2.34. The molecule has 1 N–H and O–H groups in total. The highest BCUT2D eigenvalue weighted by Crippen LogP contribution is 2.37. The van der Waals surface area contributed by atoms with Crippen LogP contribution in [0.1, 0.15) is 12.5 Å². The average molecular weight is 422 g/mol. The number of nitrogens with one attached hydrogen (secondary N) is 1. The molecule has 0 saturated carbocycles. The van der Waals surface area contributed by atoms with Crippen LogP contribution in [0.5, 0.6) is 0 Å². The highest BCUT2D eigenvalue weighted by Gasteiger charge is 2.30. The van der Waals surface area contributed by atoms with Crippen LogP contribution in [0.3, 0.4) is 0 Å². The number of hydrogen-bond donors (Lipinski definition) is 1. The van der Waals surface area contributed by atoms with Crippen molar-refractivity contribution in [2.45, 2.75) is 13.5 Å². The molecule has 0 bridgehead atoms. The lowest BCUT2D eigenvalue weighted by Gasteiger charge is -2.35. The fourth-order valence-electron chi connectivity index (χ4n) is 3.26. The van der Waals surface area contributed by atoms with Crippen LogP contribution in [0.25, 0.3) is 10.8 Å². The fourth-order valence-corrected chi connectivity index (χ4v) is 3.62. The Morgan fingerprint density at radius 2 is 1.79 bits per heavy atom. The van der Waals surface area contributed by atoms with Crippen LogP contribution >= 0.6 is 22.6 Å². The molecule has 0 fully saturated rings. The minimum absolute atomic E-state index is 0.0187. The van der Waals surface area contributed by atoms with E-state index in [0.717, 1.165) is 12.2 Å². The van der Waals surface area contributed by atoms with Crippen LogP contribution in [0, 0.1) is 15.3 Å². The first-order valence-corrected chi connectivity index (χ1v) is 9.06. The second-order valence-corrected chi connectivity index (χ2v) is 7.12. The highest BCUT2D eigenvalue weighted by atomic mass is 127. The molecule has 4 heteroatoms. The molecule has 0 radical (unpaired) electrons. The quantitative estimate of drug-likeness (QED) is 0.358. The van der Waals surface area contributed by atoms with Gasteiger partial charge in [-0.05, 0) is 64.7 Å². The Morgan fingerprint density at radius 3 is 2.54 bits per heavy atom. The molecule has 3 aromatic rings. The van der Waals surface area contributed by atoms with E-state index >= 15 is 0 Å². The van der Waals surface area contributed by atoms with E-state index in [0.29, 0.717) is 0 Å². The predicted molar refractivity (Wildman–Crippen MR) is 112 cm³/mol. The minimum Gasteiger partial charge on any atom is -0.398 e. The van der Waals surface area contributed by atoms with Gasteiger partial charge in [-0.3, -0.25) is 0 Å². The summed E-state index contributed by atoms with van der Waals surface area (Å²) in [6.07, 6.45) is 0. The lowest BCUT2D eigenvalue weighted by molar-refractivity contribution is 1.03. The molecular weight excluding hydrogens is 406 g/mol. The number of rotatable bonds is 2. The number of hydrogen-bond acceptors (Lipinski definition) is 2. The molecule has 4 rings (SSSR count). The first-order chi connectivity index (χ1) is 11.8. The monoisotopic (exact) mass is 422 g/mol. The van der Waals surface area contributed by atoms with Crippen molar-refractivity contribution in [3.63, 3.8) is 0 Å². The van der Waals surface area contributed by atoms with E-state index in [2.05, 4.69) is 105 Å². The van der Waals surface area contributed by atoms with Crippen molar-refractivity contribution in [2.75, 3.05) is 10.0 Å². The largest absolute Gasteiger partial charge is 0.463 e. The van der Waals surface area contributed by atoms with Gasteiger partial charge in [0.1, 0.15) is 0 Å². The van der Waals surface area contributed by atoms with Gasteiger partial charge in [-0.2, -0.15) is 0 Å². The van der Waals surface area contributed by atoms with Crippen LogP contribution in [0.2, 0.25) is 0 Å². The van der Waals surface area contributed by atoms with Crippen LogP contribution < -0.4 is 10.0 Å². The zero-order valence-corrected chi connectivity index (χ0v) is 15.5. The molecule has 0 saturated heterocycles. The maximum absolute atomic E-state index is 3.59. The smallest absolute Gasteiger partial charge is 0.398 e. The van der Waals surface area contributed by atoms with Crippen molar-refractivity contribution in [1.29, 1.82) is 0 Å². The summed E-state index contributed by atoms with van der Waals surface area (Å²) in [5, 5.41) is 6.13. The molecular formula is C20H16BIN2. The third-order valence-corrected chi connectivity index (χ3v) is 5.06. The highest BCUT2D eigenvalue weighted by molar-refractivity contribution is 14.1. The number of nitrogens with zero attached hydrogens (tertiary/aromatic N) is 1. The van der Waals surface area contributed by atoms with E-state index in [1.807, 2.05) is 6.92 Å². The maximum atomic E-state index is 3.59. The maximum Gasteiger partial charge on any atom is 0.463 e. The summed E-state index contributed by atoms with van der Waals surface area (Å²) in [7, 11) is 0. The SMILES string of the molecule is CC#CB1Nc2cccc3cccc(c23)N1Cc1ccc(I)cc1. The molecule has 1 heterocycles. The number of halogens is 1. The Morgan fingerprint density at radius 1 is 1.04 bits per heavy atom. The lowest BCUT2D eigenvalue weighted by Crippen LogP contribution is -2.47. The molecule has 1 aliphatic rings. The minimum atomic E-state index is -0.0187. The Hall–Kier alpha value is -2.13. The van der Waals surface area contributed by atoms with Crippen molar-refractivity contribution in [2.24, 2.45) is 0 Å². The topological polar surface area (TPSA) is 15.3 Å². The van der Waals surface area contributed by atoms with Crippen LogP contribution in [0.4, 0.5) is 11.4 Å². The second kappa shape index (κ2) is 6.41. The third kappa shape index (κ3) is 2.74. The van der Waals surface area contributed by atoms with Crippen LogP contribution in [-0.4, -0.2) is 6.98 Å². The van der Waals surface area contributed by atoms with Crippen LogP contribution in [0.15, 0.2) is 60.7 Å². The van der Waals surface area contributed by atoms with Gasteiger partial charge in [0.15, 0.2) is 0 Å². The molecule has 24 heavy (non-hydrogen) atoms. The molecule has 2 nitrogen and oxygen atoms in total. The van der Waals surface area contributed by atoms with Gasteiger partial charge in [0, 0.05) is 26.9 Å². The summed E-state index contributed by atoms with van der Waals surface area (Å²) in [5.74, 6) is 6.38. The Balaban J connectivity index is 1.83. The van der Waals surface area contributed by atoms with Gasteiger partial charge in [-0.1, -0.05) is 42.2 Å². The standard InChI is InChI=1S/C20H16BIN2/c1-2-13-21-23-18-7-3-5-16-6-4-8-19(20(16)18)24(21)14-15-9-11-17(22)12-10-15/h3-12,23H,14H2,1H3. The van der Waals surface area contributed by atoms with Crippen LogP contribution in [-0.2, 0) is 6.54 Å². The van der Waals surface area contributed by atoms with Gasteiger partial charge in [0.05, 0.1) is 0 Å². The molecule has 116 valence electrons. The number of anilines is 2. The summed E-state index contributed by atoms with van der Waals surface area (Å²) in [5.41, 5.74) is 3.69. The van der Waals surface area contributed by atoms with Crippen molar-refractivity contribution in [3.8, 4) is 11.7 Å². The summed E-state index contributed by atoms with van der Waals surface area (Å²) < 4.78 is 1.26. The van der Waals surface area contributed by atoms with Gasteiger partial charge >= 0.3 is 6.98 Å². The Kier molecular flexibility index (Phi) is 4.11. The van der Waals surface area contributed by atoms with E-state index in [1.165, 1.54) is 25.6 Å². The average Bonchev–Trinajstić information content (AvgIpc) is 2.60. The van der Waals surface area contributed by atoms with E-state index < -0.39 is 0 Å². The summed E-state index contributed by atoms with van der Waals surface area (Å²) in [6.45, 7) is 2.71. The molecule has 0 unspecified atom stereocenters. The normalized spacial score (nSPS) is 12.6. The van der Waals surface area contributed by atoms with Gasteiger partial charge < -0.3 is 10.0 Å². The molecule has 0 atom stereocenters. The van der Waals surface area contributed by atoms with Crippen molar-refractivity contribution < 1.29 is 0 Å². The molecule has 0 amide bonds. The fraction of sp³-hybridized carbons (Fsp3) is 0.100. The second-order valence-electron chi connectivity index (χ2n) is 5.88. The molecule has 3 aromatic carbocycles. The Bertz CT molecular complexity index is 952. The van der Waals surface area contributed by atoms with E-state index in [-0.39, 0.29) is 6.98 Å². The molecule has 0 spiro atoms. The zero-order chi connectivity index (χ0) is 16.5. The van der Waals surface area contributed by atoms with Gasteiger partial charge in [0.25, 0.3) is 0 Å². The first kappa shape index (κ1) is 15.4. The van der Waals surface area contributed by atoms with E-state index in [1.54, 1.807) is 0 Å². The van der Waals surface area contributed by atoms with Crippen molar-refractivity contribution >= 4 is 51.7 Å². The zero-order valence-electron chi connectivity index (χ0n) is 13.4. The summed E-state index contributed by atoms with van der Waals surface area (Å²) in [4.78, 5) is 2.36. The van der Waals surface area contributed by atoms with Gasteiger partial charge in [-0.15, -0.1) is 5.92 Å². The van der Waals surface area contributed by atoms with Crippen molar-refractivity contribution in [1.82, 2.24) is 0 Å². The predicted octanol–water partition coefficient (Wildman–Crippen LogP) is 4.93. The summed E-state index contributed by atoms with van der Waals surface area (Å²) in [6, 6.07) is 21.6. The van der Waals surface area contributed by atoms with Gasteiger partial charge in [-0.25, -0.2) is 0 Å². The lowest BCUT2D eigenvalue weighted by atomic mass is 9.71. The molecule has 0 aromatic heterocycles. The first-order valence-electron chi connectivity index (χ1n) is 7.98. The molecule has 0 aliphatic carbocycles.